The van der Waals surface area contributed by atoms with Gasteiger partial charge in [0.15, 0.2) is 0 Å². The number of benzene rings is 3. The molecule has 0 saturated carbocycles. The predicted molar refractivity (Wildman–Crippen MR) is 127 cm³/mol. The van der Waals surface area contributed by atoms with E-state index in [2.05, 4.69) is 15.4 Å². The van der Waals surface area contributed by atoms with Gasteiger partial charge in [-0.15, -0.1) is 0 Å². The Balaban J connectivity index is 1.63. The molecule has 0 atom stereocenters. The van der Waals surface area contributed by atoms with Gasteiger partial charge in [-0.1, -0.05) is 30.3 Å². The van der Waals surface area contributed by atoms with E-state index in [1.807, 2.05) is 6.07 Å². The van der Waals surface area contributed by atoms with Crippen LogP contribution in [-0.2, 0) is 19.3 Å². The lowest BCUT2D eigenvalue weighted by atomic mass is 10.0. The number of nitrogens with one attached hydrogen (secondary N) is 1. The summed E-state index contributed by atoms with van der Waals surface area (Å²) in [5.41, 5.74) is 0.427. The molecule has 37 heavy (non-hydrogen) atoms. The second-order valence-corrected chi connectivity index (χ2v) is 8.35. The van der Waals surface area contributed by atoms with Gasteiger partial charge in [-0.3, -0.25) is 9.67 Å². The van der Waals surface area contributed by atoms with Crippen LogP contribution in [0.1, 0.15) is 16.7 Å². The average Bonchev–Trinajstić information content (AvgIpc) is 3.23. The zero-order chi connectivity index (χ0) is 26.2. The van der Waals surface area contributed by atoms with Gasteiger partial charge in [-0.2, -0.15) is 18.3 Å². The molecule has 0 unspecified atom stereocenters. The molecule has 4 nitrogen and oxygen atoms in total. The van der Waals surface area contributed by atoms with E-state index < -0.39 is 41.3 Å². The number of nitrogens with zero attached hydrogens (tertiary/aromatic N) is 3. The van der Waals surface area contributed by atoms with Crippen molar-refractivity contribution >= 4 is 16.6 Å². The molecular formula is C27H18F6N4. The summed E-state index contributed by atoms with van der Waals surface area (Å²) >= 11 is 0. The maximum absolute atomic E-state index is 14.5. The van der Waals surface area contributed by atoms with Gasteiger partial charge in [0.2, 0.25) is 0 Å². The molecule has 0 fully saturated rings. The van der Waals surface area contributed by atoms with E-state index in [4.69, 9.17) is 0 Å². The van der Waals surface area contributed by atoms with Gasteiger partial charge in [0.05, 0.1) is 17.8 Å². The summed E-state index contributed by atoms with van der Waals surface area (Å²) in [6.07, 6.45) is -1.35. The number of hydrogen-bond donors (Lipinski definition) is 1. The van der Waals surface area contributed by atoms with Crippen LogP contribution >= 0.6 is 0 Å². The Bertz CT molecular complexity index is 1550. The molecule has 5 aromatic rings. The van der Waals surface area contributed by atoms with E-state index in [9.17, 15) is 26.3 Å². The number of halogens is 6. The summed E-state index contributed by atoms with van der Waals surface area (Å²) < 4.78 is 84.8. The van der Waals surface area contributed by atoms with Gasteiger partial charge in [-0.05, 0) is 29.8 Å². The summed E-state index contributed by atoms with van der Waals surface area (Å²) in [6.45, 7) is -0.103. The Labute approximate surface area is 207 Å². The van der Waals surface area contributed by atoms with Gasteiger partial charge in [0.25, 0.3) is 0 Å². The zero-order valence-corrected chi connectivity index (χ0v) is 19.0. The first kappa shape index (κ1) is 24.4. The van der Waals surface area contributed by atoms with E-state index in [1.165, 1.54) is 12.1 Å². The third-order valence-electron chi connectivity index (χ3n) is 5.84. The fourth-order valence-corrected chi connectivity index (χ4v) is 4.16. The number of alkyl halides is 3. The van der Waals surface area contributed by atoms with Gasteiger partial charge in [0, 0.05) is 53.3 Å². The molecule has 1 N–H and O–H groups in total. The molecule has 0 aliphatic heterocycles. The smallest absolute Gasteiger partial charge is 0.381 e. The summed E-state index contributed by atoms with van der Waals surface area (Å²) in [6, 6.07) is 15.2. The van der Waals surface area contributed by atoms with Crippen LogP contribution < -0.4 is 5.32 Å². The highest BCUT2D eigenvalue weighted by molar-refractivity contribution is 5.95. The topological polar surface area (TPSA) is 42.7 Å². The van der Waals surface area contributed by atoms with Crippen LogP contribution in [-0.4, -0.2) is 14.8 Å². The van der Waals surface area contributed by atoms with E-state index >= 15 is 0 Å². The Hall–Kier alpha value is -4.34. The first-order valence-corrected chi connectivity index (χ1v) is 11.1. The summed E-state index contributed by atoms with van der Waals surface area (Å²) in [5.74, 6) is -3.42. The van der Waals surface area contributed by atoms with Gasteiger partial charge >= 0.3 is 6.18 Å². The molecule has 0 amide bonds. The van der Waals surface area contributed by atoms with E-state index in [0.29, 0.717) is 29.9 Å². The molecule has 10 heteroatoms. The minimum absolute atomic E-state index is 0.155. The standard InChI is InChI=1S/C27H18F6N4/c28-18-11-23(29)21(24(30)12-18)15-37-26(20-7-2-8-22(25(20)36-37)27(31,32)33)17-5-1-6-19(10-17)35-14-16-4-3-9-34-13-16/h1-13,35H,14-15H2. The highest BCUT2D eigenvalue weighted by Gasteiger charge is 2.34. The van der Waals surface area contributed by atoms with E-state index in [1.54, 1.807) is 42.7 Å². The van der Waals surface area contributed by atoms with Crippen molar-refractivity contribution < 1.29 is 26.3 Å². The first-order chi connectivity index (χ1) is 17.7. The molecule has 2 heterocycles. The quantitative estimate of drug-likeness (QED) is 0.245. The van der Waals surface area contributed by atoms with Crippen LogP contribution in [0.25, 0.3) is 22.2 Å². The average molecular weight is 512 g/mol. The second kappa shape index (κ2) is 9.61. The van der Waals surface area contributed by atoms with Crippen molar-refractivity contribution in [3.05, 3.63) is 113 Å². The second-order valence-electron chi connectivity index (χ2n) is 8.35. The number of pyridine rings is 1. The lowest BCUT2D eigenvalue weighted by Gasteiger charge is -2.12. The molecule has 5 rings (SSSR count). The Kier molecular flexibility index (Phi) is 6.32. The molecule has 0 spiro atoms. The maximum atomic E-state index is 14.5. The molecule has 0 aliphatic rings. The third-order valence-corrected chi connectivity index (χ3v) is 5.84. The highest BCUT2D eigenvalue weighted by Crippen LogP contribution is 2.38. The molecule has 0 radical (unpaired) electrons. The van der Waals surface area contributed by atoms with Crippen molar-refractivity contribution in [1.82, 2.24) is 14.8 Å². The van der Waals surface area contributed by atoms with Crippen LogP contribution in [0.4, 0.5) is 32.0 Å². The summed E-state index contributed by atoms with van der Waals surface area (Å²) in [5, 5.41) is 7.50. The number of fused-ring (bicyclic) bond motifs is 1. The molecule has 0 saturated heterocycles. The molecule has 0 aliphatic carbocycles. The van der Waals surface area contributed by atoms with E-state index in [0.717, 1.165) is 16.3 Å². The third kappa shape index (κ3) is 5.00. The van der Waals surface area contributed by atoms with Crippen molar-refractivity contribution in [2.24, 2.45) is 0 Å². The van der Waals surface area contributed by atoms with Crippen molar-refractivity contribution in [3.63, 3.8) is 0 Å². The normalized spacial score (nSPS) is 11.7. The Morgan fingerprint density at radius 1 is 0.865 bits per heavy atom. The molecule has 188 valence electrons. The number of hydrogen-bond acceptors (Lipinski definition) is 3. The fraction of sp³-hybridized carbons (Fsp3) is 0.111. The minimum Gasteiger partial charge on any atom is -0.381 e. The first-order valence-electron chi connectivity index (χ1n) is 11.1. The van der Waals surface area contributed by atoms with Crippen LogP contribution in [0, 0.1) is 17.5 Å². The van der Waals surface area contributed by atoms with Crippen LogP contribution in [0.5, 0.6) is 0 Å². The SMILES string of the molecule is Fc1cc(F)c(Cn2nc3c(C(F)(F)F)cccc3c2-c2cccc(NCc3cccnc3)c2)c(F)c1. The lowest BCUT2D eigenvalue weighted by molar-refractivity contribution is -0.136. The monoisotopic (exact) mass is 512 g/mol. The fourth-order valence-electron chi connectivity index (χ4n) is 4.16. The predicted octanol–water partition coefficient (Wildman–Crippen LogP) is 7.19. The van der Waals surface area contributed by atoms with Crippen molar-refractivity contribution in [1.29, 1.82) is 0 Å². The van der Waals surface area contributed by atoms with Crippen molar-refractivity contribution in [2.75, 3.05) is 5.32 Å². The van der Waals surface area contributed by atoms with Crippen molar-refractivity contribution in [3.8, 4) is 11.3 Å². The van der Waals surface area contributed by atoms with Gasteiger partial charge < -0.3 is 5.32 Å². The molecule has 3 aromatic carbocycles. The number of aromatic nitrogens is 3. The number of anilines is 1. The summed E-state index contributed by atoms with van der Waals surface area (Å²) in [4.78, 5) is 4.06. The van der Waals surface area contributed by atoms with Crippen LogP contribution in [0.3, 0.4) is 0 Å². The maximum Gasteiger partial charge on any atom is 0.418 e. The van der Waals surface area contributed by atoms with Gasteiger partial charge in [0.1, 0.15) is 23.0 Å². The molecule has 2 aromatic heterocycles. The van der Waals surface area contributed by atoms with Crippen molar-refractivity contribution in [2.45, 2.75) is 19.3 Å². The minimum atomic E-state index is -4.70. The molecule has 0 bridgehead atoms. The molecular weight excluding hydrogens is 494 g/mol. The Morgan fingerprint density at radius 3 is 2.32 bits per heavy atom. The van der Waals surface area contributed by atoms with Gasteiger partial charge in [-0.25, -0.2) is 13.2 Å². The largest absolute Gasteiger partial charge is 0.418 e. The van der Waals surface area contributed by atoms with Crippen LogP contribution in [0.15, 0.2) is 79.1 Å². The highest BCUT2D eigenvalue weighted by atomic mass is 19.4. The number of rotatable bonds is 6. The summed E-state index contributed by atoms with van der Waals surface area (Å²) in [7, 11) is 0. The lowest BCUT2D eigenvalue weighted by Crippen LogP contribution is -2.09. The van der Waals surface area contributed by atoms with E-state index in [-0.39, 0.29) is 16.6 Å². The zero-order valence-electron chi connectivity index (χ0n) is 19.0. The Morgan fingerprint density at radius 2 is 1.62 bits per heavy atom. The van der Waals surface area contributed by atoms with Crippen LogP contribution in [0.2, 0.25) is 0 Å².